The zero-order chi connectivity index (χ0) is 21.9. The lowest BCUT2D eigenvalue weighted by Crippen LogP contribution is -2.39. The number of hydrogen-bond donors (Lipinski definition) is 2. The molecule has 1 heterocycles. The number of ether oxygens (including phenoxy) is 1. The summed E-state index contributed by atoms with van der Waals surface area (Å²) in [7, 11) is -3.66. The number of carbonyl (C=O) groups excluding carboxylic acids is 1. The fourth-order valence-corrected chi connectivity index (χ4v) is 5.21. The maximum atomic E-state index is 12.8. The lowest BCUT2D eigenvalue weighted by Gasteiger charge is -2.18. The van der Waals surface area contributed by atoms with E-state index < -0.39 is 15.4 Å². The minimum absolute atomic E-state index is 0.0310. The van der Waals surface area contributed by atoms with E-state index in [9.17, 15) is 13.2 Å². The van der Waals surface area contributed by atoms with Gasteiger partial charge in [0.15, 0.2) is 0 Å². The number of aryl methyl sites for hydroxylation is 1. The largest absolute Gasteiger partial charge is 0.376 e. The molecule has 1 saturated heterocycles. The van der Waals surface area contributed by atoms with E-state index in [0.29, 0.717) is 12.2 Å². The van der Waals surface area contributed by atoms with Crippen molar-refractivity contribution in [1.82, 2.24) is 5.32 Å². The van der Waals surface area contributed by atoms with Gasteiger partial charge in [0, 0.05) is 18.8 Å². The average Bonchev–Trinajstić information content (AvgIpc) is 3.41. The Hall–Kier alpha value is -2.38. The molecule has 1 atom stereocenters. The van der Waals surface area contributed by atoms with Gasteiger partial charge in [-0.1, -0.05) is 37.6 Å². The molecule has 166 valence electrons. The topological polar surface area (TPSA) is 84.5 Å². The summed E-state index contributed by atoms with van der Waals surface area (Å²) in [5.74, 6) is 0.0310. The molecule has 4 rings (SSSR count). The Bertz CT molecular complexity index is 1010. The van der Waals surface area contributed by atoms with Crippen molar-refractivity contribution in [2.75, 3.05) is 17.9 Å². The van der Waals surface area contributed by atoms with E-state index in [1.54, 1.807) is 24.3 Å². The average molecular weight is 443 g/mol. The van der Waals surface area contributed by atoms with E-state index in [2.05, 4.69) is 17.0 Å². The van der Waals surface area contributed by atoms with Gasteiger partial charge in [-0.05, 0) is 67.5 Å². The Kier molecular flexibility index (Phi) is 6.34. The van der Waals surface area contributed by atoms with Gasteiger partial charge < -0.3 is 10.1 Å². The van der Waals surface area contributed by atoms with Gasteiger partial charge in [0.25, 0.3) is 10.0 Å². The second kappa shape index (κ2) is 9.01. The molecule has 1 aliphatic heterocycles. The molecule has 2 aliphatic rings. The van der Waals surface area contributed by atoms with Crippen LogP contribution in [0.3, 0.4) is 0 Å². The Balaban J connectivity index is 1.40. The van der Waals surface area contributed by atoms with Crippen molar-refractivity contribution in [3.63, 3.8) is 0 Å². The molecule has 2 N–H and O–H groups in total. The molecule has 0 radical (unpaired) electrons. The maximum Gasteiger partial charge on any atom is 0.261 e. The van der Waals surface area contributed by atoms with Gasteiger partial charge in [-0.3, -0.25) is 9.52 Å². The van der Waals surface area contributed by atoms with Crippen molar-refractivity contribution in [3.05, 3.63) is 59.7 Å². The SMILES string of the molecule is CCCc1ccc(S(=O)(=O)Nc2ccc(C3(C(=O)NCC4CCCO4)CC3)cc2)cc1. The van der Waals surface area contributed by atoms with Crippen LogP contribution in [-0.2, 0) is 31.4 Å². The molecule has 0 aromatic heterocycles. The standard InChI is InChI=1S/C24H30N2O4S/c1-2-4-18-6-12-22(13-7-18)31(28,29)26-20-10-8-19(9-11-20)24(14-15-24)23(27)25-17-21-5-3-16-30-21/h6-13,21,26H,2-5,14-17H2,1H3,(H,25,27). The van der Waals surface area contributed by atoms with Crippen molar-refractivity contribution >= 4 is 21.6 Å². The number of rotatable bonds is 9. The molecule has 1 saturated carbocycles. The van der Waals surface area contributed by atoms with Crippen LogP contribution in [0.4, 0.5) is 5.69 Å². The van der Waals surface area contributed by atoms with Gasteiger partial charge in [0.2, 0.25) is 5.91 Å². The molecule has 0 spiro atoms. The molecule has 7 heteroatoms. The van der Waals surface area contributed by atoms with Crippen LogP contribution >= 0.6 is 0 Å². The minimum atomic E-state index is -3.66. The van der Waals surface area contributed by atoms with Crippen molar-refractivity contribution in [1.29, 1.82) is 0 Å². The molecule has 31 heavy (non-hydrogen) atoms. The molecule has 2 fully saturated rings. The first kappa shape index (κ1) is 21.8. The Morgan fingerprint density at radius 2 is 1.81 bits per heavy atom. The van der Waals surface area contributed by atoms with E-state index in [1.807, 2.05) is 24.3 Å². The smallest absolute Gasteiger partial charge is 0.261 e. The normalized spacial score (nSPS) is 19.7. The lowest BCUT2D eigenvalue weighted by atomic mass is 9.94. The summed E-state index contributed by atoms with van der Waals surface area (Å²) in [4.78, 5) is 13.0. The van der Waals surface area contributed by atoms with Crippen LogP contribution in [0.1, 0.15) is 50.2 Å². The van der Waals surface area contributed by atoms with Gasteiger partial charge in [0.05, 0.1) is 16.4 Å². The number of amides is 1. The number of carbonyl (C=O) groups is 1. The number of sulfonamides is 1. The monoisotopic (exact) mass is 442 g/mol. The Morgan fingerprint density at radius 3 is 2.39 bits per heavy atom. The molecule has 2 aromatic carbocycles. The summed E-state index contributed by atoms with van der Waals surface area (Å²) in [5.41, 5.74) is 2.03. The highest BCUT2D eigenvalue weighted by atomic mass is 32.2. The molecule has 6 nitrogen and oxygen atoms in total. The third kappa shape index (κ3) is 4.93. The van der Waals surface area contributed by atoms with E-state index in [4.69, 9.17) is 4.74 Å². The van der Waals surface area contributed by atoms with Gasteiger partial charge in [-0.25, -0.2) is 8.42 Å². The van der Waals surface area contributed by atoms with Crippen LogP contribution in [0.5, 0.6) is 0 Å². The quantitative estimate of drug-likeness (QED) is 0.619. The highest BCUT2D eigenvalue weighted by molar-refractivity contribution is 7.92. The van der Waals surface area contributed by atoms with E-state index in [-0.39, 0.29) is 16.9 Å². The fourth-order valence-electron chi connectivity index (χ4n) is 4.15. The highest BCUT2D eigenvalue weighted by Gasteiger charge is 2.51. The fraction of sp³-hybridized carbons (Fsp3) is 0.458. The third-order valence-electron chi connectivity index (χ3n) is 6.16. The summed E-state index contributed by atoms with van der Waals surface area (Å²) in [5, 5.41) is 3.04. The predicted molar refractivity (Wildman–Crippen MR) is 121 cm³/mol. The molecule has 0 bridgehead atoms. The number of hydrogen-bond acceptors (Lipinski definition) is 4. The van der Waals surface area contributed by atoms with Crippen LogP contribution < -0.4 is 10.0 Å². The zero-order valence-electron chi connectivity index (χ0n) is 17.9. The summed E-state index contributed by atoms with van der Waals surface area (Å²) in [6.07, 6.45) is 5.71. The Labute approximate surface area is 184 Å². The van der Waals surface area contributed by atoms with Crippen LogP contribution in [0.2, 0.25) is 0 Å². The molecule has 1 amide bonds. The zero-order valence-corrected chi connectivity index (χ0v) is 18.7. The van der Waals surface area contributed by atoms with Crippen molar-refractivity contribution in [2.24, 2.45) is 0 Å². The van der Waals surface area contributed by atoms with Crippen molar-refractivity contribution in [2.45, 2.75) is 61.9 Å². The first-order valence-corrected chi connectivity index (χ1v) is 12.5. The van der Waals surface area contributed by atoms with Crippen LogP contribution in [0.15, 0.2) is 53.4 Å². The highest BCUT2D eigenvalue weighted by Crippen LogP contribution is 2.48. The number of nitrogens with one attached hydrogen (secondary N) is 2. The maximum absolute atomic E-state index is 12.8. The van der Waals surface area contributed by atoms with Crippen molar-refractivity contribution in [3.8, 4) is 0 Å². The number of benzene rings is 2. The van der Waals surface area contributed by atoms with E-state index in [0.717, 1.165) is 56.3 Å². The van der Waals surface area contributed by atoms with Crippen LogP contribution in [-0.4, -0.2) is 33.6 Å². The first-order valence-electron chi connectivity index (χ1n) is 11.1. The summed E-state index contributed by atoms with van der Waals surface area (Å²) < 4.78 is 33.6. The van der Waals surface area contributed by atoms with Crippen molar-refractivity contribution < 1.29 is 17.9 Å². The van der Waals surface area contributed by atoms with Gasteiger partial charge in [0.1, 0.15) is 0 Å². The Morgan fingerprint density at radius 1 is 1.10 bits per heavy atom. The van der Waals surface area contributed by atoms with Crippen LogP contribution in [0, 0.1) is 0 Å². The second-order valence-electron chi connectivity index (χ2n) is 8.50. The lowest BCUT2D eigenvalue weighted by molar-refractivity contribution is -0.124. The summed E-state index contributed by atoms with van der Waals surface area (Å²) in [6.45, 7) is 3.41. The number of anilines is 1. The molecule has 1 aliphatic carbocycles. The summed E-state index contributed by atoms with van der Waals surface area (Å²) in [6, 6.07) is 14.1. The predicted octanol–water partition coefficient (Wildman–Crippen LogP) is 3.77. The molecular formula is C24H30N2O4S. The van der Waals surface area contributed by atoms with Crippen LogP contribution in [0.25, 0.3) is 0 Å². The molecular weight excluding hydrogens is 412 g/mol. The third-order valence-corrected chi connectivity index (χ3v) is 7.56. The van der Waals surface area contributed by atoms with Gasteiger partial charge in [-0.15, -0.1) is 0 Å². The van der Waals surface area contributed by atoms with E-state index >= 15 is 0 Å². The van der Waals surface area contributed by atoms with Gasteiger partial charge in [-0.2, -0.15) is 0 Å². The molecule has 2 aromatic rings. The molecule has 1 unspecified atom stereocenters. The second-order valence-corrected chi connectivity index (χ2v) is 10.2. The minimum Gasteiger partial charge on any atom is -0.376 e. The van der Waals surface area contributed by atoms with E-state index in [1.165, 1.54) is 0 Å². The first-order chi connectivity index (χ1) is 14.9. The summed E-state index contributed by atoms with van der Waals surface area (Å²) >= 11 is 0. The van der Waals surface area contributed by atoms with Gasteiger partial charge >= 0.3 is 0 Å².